The number of sulfonamides is 1. The first-order valence-electron chi connectivity index (χ1n) is 9.47. The highest BCUT2D eigenvalue weighted by atomic mass is 32.2. The van der Waals surface area contributed by atoms with Crippen molar-refractivity contribution in [1.82, 2.24) is 9.62 Å². The highest BCUT2D eigenvalue weighted by Gasteiger charge is 2.26. The number of anilines is 1. The lowest BCUT2D eigenvalue weighted by atomic mass is 10.0. The van der Waals surface area contributed by atoms with E-state index in [-0.39, 0.29) is 11.7 Å². The Hall–Kier alpha value is -2.38. The number of nitrogens with one attached hydrogen (secondary N) is 1. The Morgan fingerprint density at radius 1 is 1.11 bits per heavy atom. The van der Waals surface area contributed by atoms with E-state index in [1.165, 1.54) is 5.56 Å². The quantitative estimate of drug-likeness (QED) is 0.723. The number of benzene rings is 2. The molecule has 0 unspecified atom stereocenters. The average Bonchev–Trinajstić information content (AvgIpc) is 2.70. The molecule has 7 heteroatoms. The molecule has 2 aromatic rings. The molecule has 1 aliphatic rings. The van der Waals surface area contributed by atoms with Crippen molar-refractivity contribution >= 4 is 21.6 Å². The maximum atomic E-state index is 12.6. The number of carbonyl (C=O) groups excluding carboxylic acids is 1. The third-order valence-corrected chi connectivity index (χ3v) is 6.88. The van der Waals surface area contributed by atoms with Gasteiger partial charge < -0.3 is 10.2 Å². The first kappa shape index (κ1) is 20.4. The summed E-state index contributed by atoms with van der Waals surface area (Å²) in [7, 11) is 0.504. The van der Waals surface area contributed by atoms with Crippen molar-refractivity contribution in [1.29, 1.82) is 0 Å². The van der Waals surface area contributed by atoms with E-state index >= 15 is 0 Å². The van der Waals surface area contributed by atoms with Gasteiger partial charge in [0.2, 0.25) is 10.0 Å². The van der Waals surface area contributed by atoms with Crippen molar-refractivity contribution < 1.29 is 13.2 Å². The second kappa shape index (κ2) is 8.75. The fraction of sp³-hybridized carbons (Fsp3) is 0.381. The van der Waals surface area contributed by atoms with Gasteiger partial charge in [-0.3, -0.25) is 4.79 Å². The minimum atomic E-state index is -3.33. The van der Waals surface area contributed by atoms with Crippen LogP contribution in [0.2, 0.25) is 0 Å². The summed E-state index contributed by atoms with van der Waals surface area (Å²) in [5.74, 6) is -0.152. The molecular weight excluding hydrogens is 374 g/mol. The highest BCUT2D eigenvalue weighted by molar-refractivity contribution is 7.89. The number of hydrogen-bond acceptors (Lipinski definition) is 4. The van der Waals surface area contributed by atoms with E-state index in [2.05, 4.69) is 11.4 Å². The lowest BCUT2D eigenvalue weighted by Gasteiger charge is -2.28. The van der Waals surface area contributed by atoms with Crippen LogP contribution in [0.5, 0.6) is 0 Å². The highest BCUT2D eigenvalue weighted by Crippen LogP contribution is 2.21. The van der Waals surface area contributed by atoms with Gasteiger partial charge in [-0.2, -0.15) is 4.31 Å². The van der Waals surface area contributed by atoms with E-state index in [4.69, 9.17) is 0 Å². The standard InChI is InChI=1S/C21H27N3O3S/c1-23(2)20-10-5-9-18(15-20)21(25)22-12-6-14-28(26,27)24-13-11-17-7-3-4-8-19(17)16-24/h3-5,7-10,15H,6,11-14,16H2,1-2H3,(H,22,25). The van der Waals surface area contributed by atoms with E-state index in [1.54, 1.807) is 10.4 Å². The Labute approximate surface area is 167 Å². The first-order chi connectivity index (χ1) is 13.4. The van der Waals surface area contributed by atoms with Gasteiger partial charge in [-0.05, 0) is 42.2 Å². The zero-order valence-corrected chi connectivity index (χ0v) is 17.2. The molecule has 28 heavy (non-hydrogen) atoms. The molecule has 150 valence electrons. The van der Waals surface area contributed by atoms with Crippen LogP contribution in [0.15, 0.2) is 48.5 Å². The minimum absolute atomic E-state index is 0.0349. The summed E-state index contributed by atoms with van der Waals surface area (Å²) in [6, 6.07) is 15.3. The monoisotopic (exact) mass is 401 g/mol. The Bertz CT molecular complexity index is 941. The molecule has 0 atom stereocenters. The molecule has 0 fully saturated rings. The molecule has 1 aliphatic heterocycles. The van der Waals surface area contributed by atoms with Crippen molar-refractivity contribution in [2.24, 2.45) is 0 Å². The van der Waals surface area contributed by atoms with E-state index in [1.807, 2.05) is 55.4 Å². The van der Waals surface area contributed by atoms with Crippen molar-refractivity contribution in [3.05, 3.63) is 65.2 Å². The lowest BCUT2D eigenvalue weighted by Crippen LogP contribution is -2.38. The van der Waals surface area contributed by atoms with E-state index < -0.39 is 10.0 Å². The van der Waals surface area contributed by atoms with Crippen molar-refractivity contribution in [3.63, 3.8) is 0 Å². The van der Waals surface area contributed by atoms with Crippen LogP contribution >= 0.6 is 0 Å². The molecule has 1 N–H and O–H groups in total. The summed E-state index contributed by atoms with van der Waals surface area (Å²) >= 11 is 0. The number of nitrogens with zero attached hydrogens (tertiary/aromatic N) is 2. The van der Waals surface area contributed by atoms with Gasteiger partial charge in [-0.25, -0.2) is 8.42 Å². The normalized spacial score (nSPS) is 14.4. The van der Waals surface area contributed by atoms with E-state index in [0.29, 0.717) is 31.6 Å². The molecule has 0 saturated carbocycles. The van der Waals surface area contributed by atoms with Gasteiger partial charge >= 0.3 is 0 Å². The van der Waals surface area contributed by atoms with Crippen LogP contribution in [-0.2, 0) is 23.0 Å². The summed E-state index contributed by atoms with van der Waals surface area (Å²) in [6.45, 7) is 1.28. The molecule has 0 aromatic heterocycles. The van der Waals surface area contributed by atoms with Gasteiger partial charge in [-0.1, -0.05) is 30.3 Å². The number of fused-ring (bicyclic) bond motifs is 1. The number of hydrogen-bond donors (Lipinski definition) is 1. The molecule has 3 rings (SSSR count). The van der Waals surface area contributed by atoms with Crippen molar-refractivity contribution in [2.75, 3.05) is 37.8 Å². The van der Waals surface area contributed by atoms with Gasteiger partial charge in [0.05, 0.1) is 5.75 Å². The molecule has 0 aliphatic carbocycles. The largest absolute Gasteiger partial charge is 0.378 e. The molecule has 1 amide bonds. The summed E-state index contributed by atoms with van der Waals surface area (Å²) in [5.41, 5.74) is 3.81. The van der Waals surface area contributed by atoms with Crippen LogP contribution in [0.25, 0.3) is 0 Å². The number of rotatable bonds is 7. The smallest absolute Gasteiger partial charge is 0.251 e. The van der Waals surface area contributed by atoms with Crippen LogP contribution in [0.1, 0.15) is 27.9 Å². The maximum absolute atomic E-state index is 12.6. The zero-order chi connectivity index (χ0) is 20.1. The number of amides is 1. The minimum Gasteiger partial charge on any atom is -0.378 e. The van der Waals surface area contributed by atoms with Crippen LogP contribution in [-0.4, -0.2) is 51.6 Å². The van der Waals surface area contributed by atoms with Crippen LogP contribution in [0.3, 0.4) is 0 Å². The van der Waals surface area contributed by atoms with Gasteiger partial charge in [0.15, 0.2) is 0 Å². The Morgan fingerprint density at radius 2 is 1.86 bits per heavy atom. The molecule has 0 radical (unpaired) electrons. The summed E-state index contributed by atoms with van der Waals surface area (Å²) in [6.07, 6.45) is 1.13. The molecule has 1 heterocycles. The molecule has 0 saturated heterocycles. The second-order valence-electron chi connectivity index (χ2n) is 7.22. The van der Waals surface area contributed by atoms with Gasteiger partial charge in [0.1, 0.15) is 0 Å². The maximum Gasteiger partial charge on any atom is 0.251 e. The van der Waals surface area contributed by atoms with Gasteiger partial charge in [-0.15, -0.1) is 0 Å². The van der Waals surface area contributed by atoms with Gasteiger partial charge in [0.25, 0.3) is 5.91 Å². The molecule has 0 spiro atoms. The third-order valence-electron chi connectivity index (χ3n) is 4.98. The van der Waals surface area contributed by atoms with Crippen LogP contribution in [0.4, 0.5) is 5.69 Å². The Morgan fingerprint density at radius 3 is 2.61 bits per heavy atom. The molecule has 0 bridgehead atoms. The zero-order valence-electron chi connectivity index (χ0n) is 16.4. The predicted molar refractivity (Wildman–Crippen MR) is 112 cm³/mol. The van der Waals surface area contributed by atoms with E-state index in [0.717, 1.165) is 17.7 Å². The third kappa shape index (κ3) is 4.91. The topological polar surface area (TPSA) is 69.7 Å². The molecular formula is C21H27N3O3S. The predicted octanol–water partition coefficient (Wildman–Crippen LogP) is 2.26. The number of carbonyl (C=O) groups is 1. The molecule has 2 aromatic carbocycles. The van der Waals surface area contributed by atoms with Crippen LogP contribution in [0, 0.1) is 0 Å². The summed E-state index contributed by atoms with van der Waals surface area (Å²) < 4.78 is 26.8. The summed E-state index contributed by atoms with van der Waals surface area (Å²) in [5, 5.41) is 2.82. The van der Waals surface area contributed by atoms with Gasteiger partial charge in [0, 0.05) is 45.0 Å². The molecule has 6 nitrogen and oxygen atoms in total. The first-order valence-corrected chi connectivity index (χ1v) is 11.1. The second-order valence-corrected chi connectivity index (χ2v) is 9.31. The Balaban J connectivity index is 1.49. The Kier molecular flexibility index (Phi) is 6.36. The van der Waals surface area contributed by atoms with Crippen molar-refractivity contribution in [3.8, 4) is 0 Å². The van der Waals surface area contributed by atoms with Crippen molar-refractivity contribution in [2.45, 2.75) is 19.4 Å². The fourth-order valence-electron chi connectivity index (χ4n) is 3.32. The summed E-state index contributed by atoms with van der Waals surface area (Å²) in [4.78, 5) is 14.2. The SMILES string of the molecule is CN(C)c1cccc(C(=O)NCCCS(=O)(=O)N2CCc3ccccc3C2)c1. The van der Waals surface area contributed by atoms with E-state index in [9.17, 15) is 13.2 Å². The van der Waals surface area contributed by atoms with Crippen LogP contribution < -0.4 is 10.2 Å². The lowest BCUT2D eigenvalue weighted by molar-refractivity contribution is 0.0953. The average molecular weight is 402 g/mol. The fourth-order valence-corrected chi connectivity index (χ4v) is 4.79.